The highest BCUT2D eigenvalue weighted by molar-refractivity contribution is 6.30. The van der Waals surface area contributed by atoms with Gasteiger partial charge >= 0.3 is 0 Å². The molecule has 1 aromatic carbocycles. The van der Waals surface area contributed by atoms with Gasteiger partial charge in [-0.15, -0.1) is 0 Å². The van der Waals surface area contributed by atoms with Crippen LogP contribution in [-0.4, -0.2) is 18.1 Å². The summed E-state index contributed by atoms with van der Waals surface area (Å²) in [5.74, 6) is 0.962. The Labute approximate surface area is 140 Å². The van der Waals surface area contributed by atoms with E-state index in [9.17, 15) is 0 Å². The number of halogens is 2. The van der Waals surface area contributed by atoms with Crippen molar-refractivity contribution in [3.05, 3.63) is 63.9 Å². The van der Waals surface area contributed by atoms with Gasteiger partial charge in [0.15, 0.2) is 0 Å². The Morgan fingerprint density at radius 2 is 1.82 bits per heavy atom. The lowest BCUT2D eigenvalue weighted by molar-refractivity contribution is 0.429. The van der Waals surface area contributed by atoms with E-state index in [1.165, 1.54) is 5.56 Å². The quantitative estimate of drug-likeness (QED) is 0.893. The van der Waals surface area contributed by atoms with Crippen molar-refractivity contribution in [2.24, 2.45) is 11.7 Å². The number of nitrogens with one attached hydrogen (secondary N) is 1. The fourth-order valence-corrected chi connectivity index (χ4v) is 3.37. The SMILES string of the molecule is NC(C[C@H]1CNC[C@@H]1c1ccc(Cl)cc1)c1ccc(Cl)cn1. The topological polar surface area (TPSA) is 50.9 Å². The predicted octanol–water partition coefficient (Wildman–Crippen LogP) is 3.78. The van der Waals surface area contributed by atoms with E-state index in [0.717, 1.165) is 30.2 Å². The van der Waals surface area contributed by atoms with Crippen molar-refractivity contribution < 1.29 is 0 Å². The van der Waals surface area contributed by atoms with E-state index < -0.39 is 0 Å². The van der Waals surface area contributed by atoms with Gasteiger partial charge in [0.25, 0.3) is 0 Å². The van der Waals surface area contributed by atoms with Crippen molar-refractivity contribution in [3.8, 4) is 0 Å². The van der Waals surface area contributed by atoms with E-state index >= 15 is 0 Å². The molecule has 116 valence electrons. The second-order valence-corrected chi connectivity index (χ2v) is 6.69. The molecule has 1 fully saturated rings. The molecule has 0 radical (unpaired) electrons. The molecule has 5 heteroatoms. The number of pyridine rings is 1. The highest BCUT2D eigenvalue weighted by Crippen LogP contribution is 2.34. The lowest BCUT2D eigenvalue weighted by atomic mass is 9.84. The number of nitrogens with two attached hydrogens (primary N) is 1. The maximum atomic E-state index is 6.33. The molecule has 1 saturated heterocycles. The molecule has 2 heterocycles. The van der Waals surface area contributed by atoms with Crippen LogP contribution >= 0.6 is 23.2 Å². The molecule has 0 spiro atoms. The Morgan fingerprint density at radius 1 is 1.09 bits per heavy atom. The summed E-state index contributed by atoms with van der Waals surface area (Å²) in [6.07, 6.45) is 2.55. The zero-order chi connectivity index (χ0) is 15.5. The first-order valence-corrected chi connectivity index (χ1v) is 8.22. The monoisotopic (exact) mass is 335 g/mol. The molecule has 1 aliphatic rings. The van der Waals surface area contributed by atoms with Gasteiger partial charge in [-0.05, 0) is 48.7 Å². The van der Waals surface area contributed by atoms with Crippen molar-refractivity contribution in [2.75, 3.05) is 13.1 Å². The van der Waals surface area contributed by atoms with Gasteiger partial charge in [-0.1, -0.05) is 35.3 Å². The Bertz CT molecular complexity index is 613. The first-order chi connectivity index (χ1) is 10.6. The van der Waals surface area contributed by atoms with Crippen LogP contribution in [0.4, 0.5) is 0 Å². The Balaban J connectivity index is 1.70. The maximum Gasteiger partial charge on any atom is 0.0589 e. The fourth-order valence-electron chi connectivity index (χ4n) is 3.13. The van der Waals surface area contributed by atoms with Crippen molar-refractivity contribution >= 4 is 23.2 Å². The molecule has 1 unspecified atom stereocenters. The zero-order valence-electron chi connectivity index (χ0n) is 12.2. The minimum Gasteiger partial charge on any atom is -0.323 e. The lowest BCUT2D eigenvalue weighted by Gasteiger charge is -2.22. The molecule has 0 amide bonds. The summed E-state index contributed by atoms with van der Waals surface area (Å²) < 4.78 is 0. The minimum absolute atomic E-state index is 0.0723. The summed E-state index contributed by atoms with van der Waals surface area (Å²) in [4.78, 5) is 4.33. The normalized spacial score (nSPS) is 22.7. The van der Waals surface area contributed by atoms with Gasteiger partial charge in [-0.2, -0.15) is 0 Å². The third kappa shape index (κ3) is 3.61. The van der Waals surface area contributed by atoms with Crippen LogP contribution in [0, 0.1) is 5.92 Å². The van der Waals surface area contributed by atoms with Crippen LogP contribution in [0.25, 0.3) is 0 Å². The predicted molar refractivity (Wildman–Crippen MR) is 91.3 cm³/mol. The summed E-state index contributed by atoms with van der Waals surface area (Å²) >= 11 is 11.9. The second-order valence-electron chi connectivity index (χ2n) is 5.82. The largest absolute Gasteiger partial charge is 0.323 e. The molecule has 0 saturated carbocycles. The number of rotatable bonds is 4. The van der Waals surface area contributed by atoms with E-state index in [4.69, 9.17) is 28.9 Å². The Kier molecular flexibility index (Phi) is 4.99. The van der Waals surface area contributed by atoms with Crippen molar-refractivity contribution in [2.45, 2.75) is 18.4 Å². The molecule has 3 nitrogen and oxygen atoms in total. The number of nitrogens with zero attached hydrogens (tertiary/aromatic N) is 1. The molecule has 3 N–H and O–H groups in total. The summed E-state index contributed by atoms with van der Waals surface area (Å²) in [7, 11) is 0. The number of benzene rings is 1. The van der Waals surface area contributed by atoms with Crippen LogP contribution in [0.1, 0.15) is 29.6 Å². The molecular weight excluding hydrogens is 317 g/mol. The fraction of sp³-hybridized carbons (Fsp3) is 0.353. The van der Waals surface area contributed by atoms with Crippen LogP contribution in [0.5, 0.6) is 0 Å². The third-order valence-corrected chi connectivity index (χ3v) is 4.80. The van der Waals surface area contributed by atoms with Crippen molar-refractivity contribution in [1.82, 2.24) is 10.3 Å². The molecule has 1 aliphatic heterocycles. The summed E-state index contributed by atoms with van der Waals surface area (Å²) in [6, 6.07) is 11.8. The summed E-state index contributed by atoms with van der Waals surface area (Å²) in [6.45, 7) is 1.96. The molecule has 1 aromatic heterocycles. The van der Waals surface area contributed by atoms with Crippen LogP contribution < -0.4 is 11.1 Å². The molecule has 0 bridgehead atoms. The van der Waals surface area contributed by atoms with Gasteiger partial charge in [0.1, 0.15) is 0 Å². The van der Waals surface area contributed by atoms with E-state index in [-0.39, 0.29) is 6.04 Å². The van der Waals surface area contributed by atoms with Crippen LogP contribution in [-0.2, 0) is 0 Å². The van der Waals surface area contributed by atoms with Gasteiger partial charge in [0.05, 0.1) is 10.7 Å². The first-order valence-electron chi connectivity index (χ1n) is 7.46. The van der Waals surface area contributed by atoms with Crippen LogP contribution in [0.15, 0.2) is 42.6 Å². The second kappa shape index (κ2) is 6.97. The molecule has 3 atom stereocenters. The molecular formula is C17H19Cl2N3. The standard InChI is InChI=1S/C17H19Cl2N3/c18-13-3-1-11(2-4-13)15-10-21-8-12(15)7-16(20)17-6-5-14(19)9-22-17/h1-6,9,12,15-16,21H,7-8,10,20H2/t12-,15+,16?/m0/s1. The number of hydrogen-bond donors (Lipinski definition) is 2. The molecule has 0 aliphatic carbocycles. The number of aromatic nitrogens is 1. The van der Waals surface area contributed by atoms with E-state index in [1.54, 1.807) is 6.20 Å². The van der Waals surface area contributed by atoms with Gasteiger partial charge in [0.2, 0.25) is 0 Å². The molecule has 3 rings (SSSR count). The molecule has 22 heavy (non-hydrogen) atoms. The van der Waals surface area contributed by atoms with Crippen LogP contribution in [0.3, 0.4) is 0 Å². The Morgan fingerprint density at radius 3 is 2.50 bits per heavy atom. The van der Waals surface area contributed by atoms with Gasteiger partial charge in [0, 0.05) is 29.7 Å². The van der Waals surface area contributed by atoms with Gasteiger partial charge in [-0.25, -0.2) is 0 Å². The highest BCUT2D eigenvalue weighted by atomic mass is 35.5. The van der Waals surface area contributed by atoms with E-state index in [1.807, 2.05) is 24.3 Å². The van der Waals surface area contributed by atoms with E-state index in [2.05, 4.69) is 22.4 Å². The summed E-state index contributed by atoms with van der Waals surface area (Å²) in [5.41, 5.74) is 8.54. The van der Waals surface area contributed by atoms with Crippen molar-refractivity contribution in [3.63, 3.8) is 0 Å². The van der Waals surface area contributed by atoms with Crippen molar-refractivity contribution in [1.29, 1.82) is 0 Å². The van der Waals surface area contributed by atoms with Gasteiger partial charge < -0.3 is 11.1 Å². The lowest BCUT2D eigenvalue weighted by Crippen LogP contribution is -2.20. The third-order valence-electron chi connectivity index (χ3n) is 4.32. The molecule has 2 aromatic rings. The zero-order valence-corrected chi connectivity index (χ0v) is 13.7. The highest BCUT2D eigenvalue weighted by Gasteiger charge is 2.30. The first kappa shape index (κ1) is 15.8. The summed E-state index contributed by atoms with van der Waals surface area (Å²) in [5, 5.41) is 4.88. The number of hydrogen-bond acceptors (Lipinski definition) is 3. The Hall–Kier alpha value is -1.13. The smallest absolute Gasteiger partial charge is 0.0589 e. The van der Waals surface area contributed by atoms with Crippen LogP contribution in [0.2, 0.25) is 10.0 Å². The van der Waals surface area contributed by atoms with E-state index in [0.29, 0.717) is 16.9 Å². The minimum atomic E-state index is -0.0723. The maximum absolute atomic E-state index is 6.33. The average molecular weight is 336 g/mol. The van der Waals surface area contributed by atoms with Gasteiger partial charge in [-0.3, -0.25) is 4.98 Å². The average Bonchev–Trinajstić information content (AvgIpc) is 2.97.